The predicted molar refractivity (Wildman–Crippen MR) is 47.1 cm³/mol. The Morgan fingerprint density at radius 3 is 2.82 bits per heavy atom. The van der Waals surface area contributed by atoms with Crippen LogP contribution in [-0.2, 0) is 11.2 Å². The average Bonchev–Trinajstić information content (AvgIpc) is 2.09. The summed E-state index contributed by atoms with van der Waals surface area (Å²) in [6.45, 7) is 1.88. The minimum absolute atomic E-state index is 0.281. The van der Waals surface area contributed by atoms with Gasteiger partial charge in [0.2, 0.25) is 5.91 Å². The van der Waals surface area contributed by atoms with Crippen LogP contribution >= 0.6 is 23.6 Å². The minimum atomic E-state index is -0.321. The molecule has 0 aliphatic carbocycles. The number of hydrogen-bond donors (Lipinski definition) is 2. The van der Waals surface area contributed by atoms with Gasteiger partial charge in [0, 0.05) is 10.6 Å². The highest BCUT2D eigenvalue weighted by Crippen LogP contribution is 2.14. The molecule has 0 fully saturated rings. The Hall–Kier alpha value is -0.680. The van der Waals surface area contributed by atoms with Gasteiger partial charge in [-0.3, -0.25) is 4.79 Å². The van der Waals surface area contributed by atoms with Gasteiger partial charge in [0.15, 0.2) is 3.95 Å². The van der Waals surface area contributed by atoms with Gasteiger partial charge in [-0.2, -0.15) is 0 Å². The lowest BCUT2D eigenvalue weighted by molar-refractivity contribution is -0.117. The molecule has 0 atom stereocenters. The molecule has 1 aromatic heterocycles. The summed E-state index contributed by atoms with van der Waals surface area (Å²) in [4.78, 5) is 14.4. The van der Waals surface area contributed by atoms with E-state index in [0.29, 0.717) is 3.95 Å². The lowest BCUT2D eigenvalue weighted by Crippen LogP contribution is -2.13. The fourth-order valence-electron chi connectivity index (χ4n) is 0.764. The molecule has 0 saturated carbocycles. The summed E-state index contributed by atoms with van der Waals surface area (Å²) in [5.74, 6) is -0.321. The third-order valence-corrected chi connectivity index (χ3v) is 2.59. The Morgan fingerprint density at radius 1 is 1.82 bits per heavy atom. The smallest absolute Gasteiger partial charge is 0.222 e. The number of aromatic amines is 1. The number of H-pyrrole nitrogens is 1. The topological polar surface area (TPSA) is 58.9 Å². The molecule has 11 heavy (non-hydrogen) atoms. The van der Waals surface area contributed by atoms with Crippen LogP contribution in [0.4, 0.5) is 0 Å². The van der Waals surface area contributed by atoms with Crippen molar-refractivity contribution in [3.63, 3.8) is 0 Å². The molecular formula is C6H8N2OS2. The summed E-state index contributed by atoms with van der Waals surface area (Å²) in [5, 5.41) is 0. The van der Waals surface area contributed by atoms with Crippen molar-refractivity contribution in [3.8, 4) is 0 Å². The van der Waals surface area contributed by atoms with Crippen molar-refractivity contribution in [2.24, 2.45) is 5.73 Å². The first-order valence-electron chi connectivity index (χ1n) is 3.06. The third-order valence-electron chi connectivity index (χ3n) is 1.26. The first-order valence-corrected chi connectivity index (χ1v) is 4.29. The maximum Gasteiger partial charge on any atom is 0.222 e. The molecule has 1 rings (SSSR count). The summed E-state index contributed by atoms with van der Waals surface area (Å²) in [6.07, 6.45) is 0.281. The van der Waals surface area contributed by atoms with Gasteiger partial charge < -0.3 is 10.7 Å². The summed E-state index contributed by atoms with van der Waals surface area (Å²) in [6, 6.07) is 0. The van der Waals surface area contributed by atoms with Gasteiger partial charge in [0.25, 0.3) is 0 Å². The zero-order valence-corrected chi connectivity index (χ0v) is 7.64. The van der Waals surface area contributed by atoms with Crippen LogP contribution < -0.4 is 5.73 Å². The molecule has 0 aliphatic heterocycles. The van der Waals surface area contributed by atoms with E-state index in [4.69, 9.17) is 18.0 Å². The second-order valence-corrected chi connectivity index (χ2v) is 3.98. The summed E-state index contributed by atoms with van der Waals surface area (Å²) in [7, 11) is 0. The largest absolute Gasteiger partial charge is 0.369 e. The SMILES string of the molecule is Cc1[nH]c(=S)sc1CC(N)=O. The summed E-state index contributed by atoms with van der Waals surface area (Å²) in [5.41, 5.74) is 5.97. The molecule has 0 bridgehead atoms. The molecule has 1 amide bonds. The van der Waals surface area contributed by atoms with E-state index in [-0.39, 0.29) is 12.3 Å². The van der Waals surface area contributed by atoms with Gasteiger partial charge in [0.1, 0.15) is 0 Å². The standard InChI is InChI=1S/C6H8N2OS2/c1-3-4(2-5(7)9)11-6(10)8-3/h2H2,1H3,(H2,7,9)(H,8,10). The fraction of sp³-hybridized carbons (Fsp3) is 0.333. The number of primary amides is 1. The van der Waals surface area contributed by atoms with Gasteiger partial charge in [-0.1, -0.05) is 0 Å². The first kappa shape index (κ1) is 8.42. The van der Waals surface area contributed by atoms with Crippen LogP contribution in [0.2, 0.25) is 0 Å². The number of carbonyl (C=O) groups is 1. The number of aromatic nitrogens is 1. The minimum Gasteiger partial charge on any atom is -0.369 e. The Morgan fingerprint density at radius 2 is 2.45 bits per heavy atom. The van der Waals surface area contributed by atoms with Gasteiger partial charge >= 0.3 is 0 Å². The average molecular weight is 188 g/mol. The van der Waals surface area contributed by atoms with Crippen LogP contribution in [-0.4, -0.2) is 10.9 Å². The Labute approximate surface area is 73.2 Å². The van der Waals surface area contributed by atoms with E-state index < -0.39 is 0 Å². The van der Waals surface area contributed by atoms with Crippen LogP contribution in [0.15, 0.2) is 0 Å². The van der Waals surface area contributed by atoms with Gasteiger partial charge in [-0.25, -0.2) is 0 Å². The number of aryl methyl sites for hydroxylation is 1. The molecule has 0 spiro atoms. The number of rotatable bonds is 2. The zero-order chi connectivity index (χ0) is 8.43. The monoisotopic (exact) mass is 188 g/mol. The van der Waals surface area contributed by atoms with E-state index in [1.807, 2.05) is 6.92 Å². The molecule has 0 saturated heterocycles. The summed E-state index contributed by atoms with van der Waals surface area (Å²) >= 11 is 6.29. The van der Waals surface area contributed by atoms with Crippen molar-refractivity contribution < 1.29 is 4.79 Å². The summed E-state index contributed by atoms with van der Waals surface area (Å²) < 4.78 is 0.693. The second-order valence-electron chi connectivity index (χ2n) is 2.21. The van der Waals surface area contributed by atoms with E-state index in [1.54, 1.807) is 0 Å². The van der Waals surface area contributed by atoms with Crippen molar-refractivity contribution in [1.82, 2.24) is 4.98 Å². The highest BCUT2D eigenvalue weighted by molar-refractivity contribution is 7.73. The number of amides is 1. The molecule has 3 N–H and O–H groups in total. The fourth-order valence-corrected chi connectivity index (χ4v) is 2.07. The predicted octanol–water partition coefficient (Wildman–Crippen LogP) is 1.14. The van der Waals surface area contributed by atoms with Crippen molar-refractivity contribution in [3.05, 3.63) is 14.5 Å². The number of carbonyl (C=O) groups excluding carboxylic acids is 1. The maximum atomic E-state index is 10.5. The van der Waals surface area contributed by atoms with E-state index in [9.17, 15) is 4.79 Å². The number of nitrogens with two attached hydrogens (primary N) is 1. The molecule has 0 aromatic carbocycles. The maximum absolute atomic E-state index is 10.5. The molecule has 60 valence electrons. The van der Waals surface area contributed by atoms with Gasteiger partial charge in [-0.15, -0.1) is 11.3 Å². The van der Waals surface area contributed by atoms with Crippen molar-refractivity contribution in [2.75, 3.05) is 0 Å². The van der Waals surface area contributed by atoms with Gasteiger partial charge in [0.05, 0.1) is 6.42 Å². The quantitative estimate of drug-likeness (QED) is 0.684. The Kier molecular flexibility index (Phi) is 2.41. The third kappa shape index (κ3) is 2.13. The van der Waals surface area contributed by atoms with Crippen LogP contribution in [0.25, 0.3) is 0 Å². The van der Waals surface area contributed by atoms with Crippen LogP contribution in [0, 0.1) is 10.9 Å². The van der Waals surface area contributed by atoms with Crippen molar-refractivity contribution >= 4 is 29.5 Å². The van der Waals surface area contributed by atoms with Crippen molar-refractivity contribution in [2.45, 2.75) is 13.3 Å². The van der Waals surface area contributed by atoms with Crippen LogP contribution in [0.5, 0.6) is 0 Å². The van der Waals surface area contributed by atoms with E-state index in [2.05, 4.69) is 4.98 Å². The van der Waals surface area contributed by atoms with E-state index >= 15 is 0 Å². The van der Waals surface area contributed by atoms with Crippen LogP contribution in [0.1, 0.15) is 10.6 Å². The van der Waals surface area contributed by atoms with Crippen LogP contribution in [0.3, 0.4) is 0 Å². The van der Waals surface area contributed by atoms with E-state index in [1.165, 1.54) is 11.3 Å². The van der Waals surface area contributed by atoms with Crippen molar-refractivity contribution in [1.29, 1.82) is 0 Å². The molecule has 1 heterocycles. The molecule has 0 radical (unpaired) electrons. The molecule has 1 aromatic rings. The number of nitrogens with one attached hydrogen (secondary N) is 1. The molecule has 0 unspecified atom stereocenters. The van der Waals surface area contributed by atoms with Gasteiger partial charge in [-0.05, 0) is 19.1 Å². The highest BCUT2D eigenvalue weighted by Gasteiger charge is 2.04. The molecule has 5 heteroatoms. The lowest BCUT2D eigenvalue weighted by atomic mass is 10.3. The normalized spacial score (nSPS) is 9.91. The second kappa shape index (κ2) is 3.15. The first-order chi connectivity index (χ1) is 5.09. The Bertz CT molecular complexity index is 326. The Balaban J connectivity index is 2.94. The molecule has 3 nitrogen and oxygen atoms in total. The zero-order valence-electron chi connectivity index (χ0n) is 6.01. The highest BCUT2D eigenvalue weighted by atomic mass is 32.1. The molecule has 0 aliphatic rings. The van der Waals surface area contributed by atoms with E-state index in [0.717, 1.165) is 10.6 Å². The lowest BCUT2D eigenvalue weighted by Gasteiger charge is -1.91. The number of thiazole rings is 1. The number of hydrogen-bond acceptors (Lipinski definition) is 3. The molecular weight excluding hydrogens is 180 g/mol.